The highest BCUT2D eigenvalue weighted by Crippen LogP contribution is 2.22. The summed E-state index contributed by atoms with van der Waals surface area (Å²) in [4.78, 5) is 29.4. The number of likely N-dealkylation sites (tertiary alicyclic amines) is 1. The van der Waals surface area contributed by atoms with Crippen LogP contribution in [0.1, 0.15) is 31.7 Å². The van der Waals surface area contributed by atoms with Crippen molar-refractivity contribution in [2.75, 3.05) is 25.5 Å². The molecule has 2 atom stereocenters. The summed E-state index contributed by atoms with van der Waals surface area (Å²) < 4.78 is 0. The van der Waals surface area contributed by atoms with Crippen LogP contribution in [0.3, 0.4) is 0 Å². The first-order valence-electron chi connectivity index (χ1n) is 7.80. The van der Waals surface area contributed by atoms with Crippen molar-refractivity contribution in [3.8, 4) is 0 Å². The van der Waals surface area contributed by atoms with Crippen molar-refractivity contribution in [2.24, 2.45) is 5.92 Å². The number of aliphatic hydroxyl groups is 1. The van der Waals surface area contributed by atoms with Gasteiger partial charge in [-0.25, -0.2) is 4.79 Å². The zero-order valence-corrected chi connectivity index (χ0v) is 13.7. The number of pyridine rings is 1. The summed E-state index contributed by atoms with van der Waals surface area (Å²) in [6.45, 7) is 4.70. The third-order valence-electron chi connectivity index (χ3n) is 4.10. The molecule has 1 fully saturated rings. The lowest BCUT2D eigenvalue weighted by Gasteiger charge is -2.17. The maximum atomic E-state index is 12.3. The number of aliphatic hydroxyl groups excluding tert-OH is 1. The molecule has 3 N–H and O–H groups in total. The minimum Gasteiger partial charge on any atom is -0.391 e. The minimum atomic E-state index is -0.682. The number of carbonyl (C=O) groups excluding carboxylic acids is 2. The van der Waals surface area contributed by atoms with Gasteiger partial charge in [0.2, 0.25) is 5.91 Å². The lowest BCUT2D eigenvalue weighted by molar-refractivity contribution is -0.122. The Labute approximate surface area is 136 Å². The van der Waals surface area contributed by atoms with Gasteiger partial charge < -0.3 is 20.6 Å². The number of nitrogens with one attached hydrogen (secondary N) is 2. The number of amides is 3. The summed E-state index contributed by atoms with van der Waals surface area (Å²) >= 11 is 0. The molecule has 1 saturated heterocycles. The Morgan fingerprint density at radius 1 is 1.39 bits per heavy atom. The Bertz CT molecular complexity index is 576. The van der Waals surface area contributed by atoms with Crippen LogP contribution < -0.4 is 10.6 Å². The van der Waals surface area contributed by atoms with Gasteiger partial charge in [-0.05, 0) is 17.5 Å². The van der Waals surface area contributed by atoms with Crippen molar-refractivity contribution < 1.29 is 14.7 Å². The van der Waals surface area contributed by atoms with E-state index in [2.05, 4.69) is 29.5 Å². The number of urea groups is 1. The van der Waals surface area contributed by atoms with Gasteiger partial charge in [-0.3, -0.25) is 9.78 Å². The van der Waals surface area contributed by atoms with Crippen molar-refractivity contribution in [2.45, 2.75) is 32.3 Å². The van der Waals surface area contributed by atoms with Gasteiger partial charge in [0, 0.05) is 38.7 Å². The van der Waals surface area contributed by atoms with E-state index in [-0.39, 0.29) is 30.8 Å². The summed E-state index contributed by atoms with van der Waals surface area (Å²) in [6.07, 6.45) is 2.90. The highest BCUT2D eigenvalue weighted by molar-refractivity contribution is 5.89. The van der Waals surface area contributed by atoms with Crippen molar-refractivity contribution >= 4 is 17.6 Å². The third kappa shape index (κ3) is 4.41. The van der Waals surface area contributed by atoms with Crippen LogP contribution in [0.5, 0.6) is 0 Å². The molecule has 0 aliphatic carbocycles. The van der Waals surface area contributed by atoms with Crippen LogP contribution in [0, 0.1) is 5.92 Å². The summed E-state index contributed by atoms with van der Waals surface area (Å²) in [7, 11) is 1.56. The lowest BCUT2D eigenvalue weighted by atomic mass is 10.0. The predicted molar refractivity (Wildman–Crippen MR) is 87.1 cm³/mol. The van der Waals surface area contributed by atoms with Gasteiger partial charge in [-0.1, -0.05) is 13.8 Å². The van der Waals surface area contributed by atoms with Crippen LogP contribution in [-0.4, -0.2) is 53.2 Å². The first-order valence-corrected chi connectivity index (χ1v) is 7.80. The van der Waals surface area contributed by atoms with E-state index in [1.807, 2.05) is 6.07 Å². The van der Waals surface area contributed by atoms with E-state index < -0.39 is 6.10 Å². The number of rotatable bonds is 4. The van der Waals surface area contributed by atoms with Gasteiger partial charge in [0.1, 0.15) is 0 Å². The minimum absolute atomic E-state index is 0.134. The molecule has 7 nitrogen and oxygen atoms in total. The second-order valence-corrected chi connectivity index (χ2v) is 6.20. The van der Waals surface area contributed by atoms with Crippen LogP contribution in [0.15, 0.2) is 18.5 Å². The van der Waals surface area contributed by atoms with Crippen molar-refractivity contribution in [3.05, 3.63) is 24.0 Å². The number of carbonyl (C=O) groups is 2. The molecule has 1 aliphatic rings. The first kappa shape index (κ1) is 17.2. The molecule has 0 bridgehead atoms. The molecule has 0 spiro atoms. The molecule has 7 heteroatoms. The van der Waals surface area contributed by atoms with Gasteiger partial charge in [0.25, 0.3) is 0 Å². The van der Waals surface area contributed by atoms with Crippen molar-refractivity contribution in [1.29, 1.82) is 0 Å². The summed E-state index contributed by atoms with van der Waals surface area (Å²) in [5.74, 6) is -0.0455. The van der Waals surface area contributed by atoms with E-state index in [4.69, 9.17) is 0 Å². The maximum absolute atomic E-state index is 12.3. The molecule has 1 aromatic heterocycles. The van der Waals surface area contributed by atoms with Crippen LogP contribution in [-0.2, 0) is 4.79 Å². The molecule has 2 heterocycles. The molecular weight excluding hydrogens is 296 g/mol. The SMILES string of the molecule is CNC(=O)C[C@@H]1CN(C(=O)Nc2cncc(C(C)C)c2)C[C@H]1O. The average Bonchev–Trinajstić information content (AvgIpc) is 2.88. The van der Waals surface area contributed by atoms with E-state index in [0.29, 0.717) is 18.2 Å². The van der Waals surface area contributed by atoms with E-state index in [1.54, 1.807) is 19.4 Å². The zero-order valence-electron chi connectivity index (χ0n) is 13.7. The fourth-order valence-electron chi connectivity index (χ4n) is 2.61. The Balaban J connectivity index is 1.96. The Morgan fingerprint density at radius 3 is 2.78 bits per heavy atom. The molecule has 0 aromatic carbocycles. The second kappa shape index (κ2) is 7.41. The summed E-state index contributed by atoms with van der Waals surface area (Å²) in [5.41, 5.74) is 1.67. The van der Waals surface area contributed by atoms with Gasteiger partial charge in [-0.2, -0.15) is 0 Å². The molecule has 3 amide bonds. The second-order valence-electron chi connectivity index (χ2n) is 6.20. The third-order valence-corrected chi connectivity index (χ3v) is 4.10. The average molecular weight is 320 g/mol. The fraction of sp³-hybridized carbons (Fsp3) is 0.562. The lowest BCUT2D eigenvalue weighted by Crippen LogP contribution is -2.34. The van der Waals surface area contributed by atoms with Crippen molar-refractivity contribution in [3.63, 3.8) is 0 Å². The Hall–Kier alpha value is -2.15. The number of aromatic nitrogens is 1. The number of hydrogen-bond acceptors (Lipinski definition) is 4. The normalized spacial score (nSPS) is 20.7. The smallest absolute Gasteiger partial charge is 0.321 e. The Morgan fingerprint density at radius 2 is 2.13 bits per heavy atom. The van der Waals surface area contributed by atoms with Crippen LogP contribution in [0.2, 0.25) is 0 Å². The van der Waals surface area contributed by atoms with Gasteiger partial charge in [0.05, 0.1) is 18.0 Å². The topological polar surface area (TPSA) is 94.6 Å². The molecule has 23 heavy (non-hydrogen) atoms. The summed E-state index contributed by atoms with van der Waals surface area (Å²) in [5, 5.41) is 15.4. The molecule has 126 valence electrons. The monoisotopic (exact) mass is 320 g/mol. The van der Waals surface area contributed by atoms with Crippen molar-refractivity contribution in [1.82, 2.24) is 15.2 Å². The quantitative estimate of drug-likeness (QED) is 0.776. The molecule has 0 unspecified atom stereocenters. The first-order chi connectivity index (χ1) is 10.9. The number of hydrogen-bond donors (Lipinski definition) is 3. The fourth-order valence-corrected chi connectivity index (χ4v) is 2.61. The predicted octanol–water partition coefficient (Wildman–Crippen LogP) is 1.17. The van der Waals surface area contributed by atoms with E-state index in [0.717, 1.165) is 5.56 Å². The molecule has 1 aliphatic heterocycles. The molecule has 1 aromatic rings. The number of β-amino-alcohol motifs (C(OH)–C–C–N with tert-alkyl or cyclic N) is 1. The Kier molecular flexibility index (Phi) is 5.54. The molecule has 0 radical (unpaired) electrons. The maximum Gasteiger partial charge on any atom is 0.321 e. The van der Waals surface area contributed by atoms with E-state index in [9.17, 15) is 14.7 Å². The van der Waals surface area contributed by atoms with Gasteiger partial charge >= 0.3 is 6.03 Å². The molecule has 2 rings (SSSR count). The van der Waals surface area contributed by atoms with E-state index in [1.165, 1.54) is 4.90 Å². The molecule has 0 saturated carbocycles. The zero-order chi connectivity index (χ0) is 17.0. The highest BCUT2D eigenvalue weighted by atomic mass is 16.3. The van der Waals surface area contributed by atoms with E-state index >= 15 is 0 Å². The van der Waals surface area contributed by atoms with Gasteiger partial charge in [0.15, 0.2) is 0 Å². The number of anilines is 1. The van der Waals surface area contributed by atoms with Crippen LogP contribution >= 0.6 is 0 Å². The summed E-state index contributed by atoms with van der Waals surface area (Å²) in [6, 6.07) is 1.61. The van der Waals surface area contributed by atoms with Gasteiger partial charge in [-0.15, -0.1) is 0 Å². The van der Waals surface area contributed by atoms with Crippen LogP contribution in [0.25, 0.3) is 0 Å². The largest absolute Gasteiger partial charge is 0.391 e. The number of nitrogens with zero attached hydrogens (tertiary/aromatic N) is 2. The highest BCUT2D eigenvalue weighted by Gasteiger charge is 2.35. The molecular formula is C16H24N4O3. The van der Waals surface area contributed by atoms with Crippen LogP contribution in [0.4, 0.5) is 10.5 Å². The standard InChI is InChI=1S/C16H24N4O3/c1-10(2)11-4-13(7-18-6-11)19-16(23)20-8-12(14(21)9-20)5-15(22)17-3/h4,6-7,10,12,14,21H,5,8-9H2,1-3H3,(H,17,22)(H,19,23)/t12-,14-/m1/s1.